The van der Waals surface area contributed by atoms with E-state index in [9.17, 15) is 4.79 Å². The van der Waals surface area contributed by atoms with Gasteiger partial charge in [0.1, 0.15) is 34.8 Å². The van der Waals surface area contributed by atoms with Crippen LogP contribution in [0.3, 0.4) is 0 Å². The molecule has 0 saturated carbocycles. The lowest BCUT2D eigenvalue weighted by atomic mass is 10.2. The monoisotopic (exact) mass is 347 g/mol. The Morgan fingerprint density at radius 3 is 2.87 bits per heavy atom. The number of nitriles is 1. The Hall–Kier alpha value is -2.61. The lowest BCUT2D eigenvalue weighted by Gasteiger charge is -2.01. The Balaban J connectivity index is 1.79. The summed E-state index contributed by atoms with van der Waals surface area (Å²) in [6, 6.07) is 0.965. The molecule has 10 heteroatoms. The van der Waals surface area contributed by atoms with Gasteiger partial charge in [-0.15, -0.1) is 22.7 Å². The molecule has 3 aromatic rings. The van der Waals surface area contributed by atoms with Crippen LogP contribution in [-0.2, 0) is 11.2 Å². The van der Waals surface area contributed by atoms with Gasteiger partial charge in [0.15, 0.2) is 5.69 Å². The van der Waals surface area contributed by atoms with Crippen LogP contribution < -0.4 is 5.73 Å². The van der Waals surface area contributed by atoms with E-state index in [-0.39, 0.29) is 6.42 Å². The number of nitrogens with two attached hydrogens (primary N) is 1. The summed E-state index contributed by atoms with van der Waals surface area (Å²) in [5, 5.41) is 22.1. The molecule has 0 aliphatic rings. The maximum Gasteiger partial charge on any atom is 0.320 e. The predicted octanol–water partition coefficient (Wildman–Crippen LogP) is 1.75. The van der Waals surface area contributed by atoms with Crippen LogP contribution in [0, 0.1) is 11.3 Å². The van der Waals surface area contributed by atoms with Crippen molar-refractivity contribution in [2.75, 3.05) is 0 Å². The molecule has 0 bridgehead atoms. The van der Waals surface area contributed by atoms with Gasteiger partial charge in [-0.3, -0.25) is 4.79 Å². The molecular weight excluding hydrogens is 338 g/mol. The second-order valence-corrected chi connectivity index (χ2v) is 6.26. The lowest BCUT2D eigenvalue weighted by molar-refractivity contribution is -0.138. The largest absolute Gasteiger partial charge is 0.480 e. The predicted molar refractivity (Wildman–Crippen MR) is 82.7 cm³/mol. The van der Waals surface area contributed by atoms with E-state index in [0.717, 1.165) is 0 Å². The SMILES string of the molecule is N#Cc1csc(-c2coc(-c3csc(CC(N)C(=O)O)n3)n2)n1. The van der Waals surface area contributed by atoms with Crippen LogP contribution in [-0.4, -0.2) is 32.1 Å². The number of rotatable bonds is 5. The van der Waals surface area contributed by atoms with Crippen LogP contribution in [0.25, 0.3) is 22.3 Å². The number of aromatic nitrogens is 3. The zero-order valence-corrected chi connectivity index (χ0v) is 13.1. The van der Waals surface area contributed by atoms with Crippen molar-refractivity contribution < 1.29 is 14.3 Å². The summed E-state index contributed by atoms with van der Waals surface area (Å²) in [7, 11) is 0. The first-order valence-electron chi connectivity index (χ1n) is 6.31. The number of oxazole rings is 1. The normalized spacial score (nSPS) is 12.0. The van der Waals surface area contributed by atoms with Gasteiger partial charge in [-0.25, -0.2) is 15.0 Å². The van der Waals surface area contributed by atoms with Gasteiger partial charge in [-0.05, 0) is 0 Å². The van der Waals surface area contributed by atoms with Crippen molar-refractivity contribution in [1.82, 2.24) is 15.0 Å². The summed E-state index contributed by atoms with van der Waals surface area (Å²) < 4.78 is 5.38. The quantitative estimate of drug-likeness (QED) is 0.711. The van der Waals surface area contributed by atoms with Crippen LogP contribution in [0.4, 0.5) is 0 Å². The molecule has 116 valence electrons. The number of hydrogen-bond acceptors (Lipinski definition) is 9. The molecule has 0 aliphatic carbocycles. The minimum Gasteiger partial charge on any atom is -0.480 e. The smallest absolute Gasteiger partial charge is 0.320 e. The topological polar surface area (TPSA) is 139 Å². The zero-order valence-electron chi connectivity index (χ0n) is 11.5. The number of carboxylic acid groups (broad SMARTS) is 1. The van der Waals surface area contributed by atoms with Gasteiger partial charge >= 0.3 is 5.97 Å². The number of hydrogen-bond donors (Lipinski definition) is 2. The van der Waals surface area contributed by atoms with Gasteiger partial charge in [-0.2, -0.15) is 5.26 Å². The first-order valence-corrected chi connectivity index (χ1v) is 8.07. The molecule has 0 aliphatic heterocycles. The van der Waals surface area contributed by atoms with E-state index in [1.807, 2.05) is 6.07 Å². The van der Waals surface area contributed by atoms with Crippen molar-refractivity contribution in [3.8, 4) is 28.4 Å². The maximum atomic E-state index is 10.8. The molecule has 0 fully saturated rings. The van der Waals surface area contributed by atoms with Crippen molar-refractivity contribution >= 4 is 28.6 Å². The number of aliphatic carboxylic acids is 1. The zero-order chi connectivity index (χ0) is 16.4. The van der Waals surface area contributed by atoms with E-state index < -0.39 is 12.0 Å². The van der Waals surface area contributed by atoms with E-state index in [1.54, 1.807) is 10.8 Å². The van der Waals surface area contributed by atoms with Crippen molar-refractivity contribution in [3.05, 3.63) is 27.7 Å². The molecule has 1 unspecified atom stereocenters. The molecule has 3 N–H and O–H groups in total. The number of carboxylic acids is 1. The third kappa shape index (κ3) is 3.26. The Bertz CT molecular complexity index is 891. The minimum absolute atomic E-state index is 0.144. The highest BCUT2D eigenvalue weighted by Crippen LogP contribution is 2.27. The second-order valence-electron chi connectivity index (χ2n) is 4.46. The summed E-state index contributed by atoms with van der Waals surface area (Å²) in [4.78, 5) is 23.4. The summed E-state index contributed by atoms with van der Waals surface area (Å²) in [5.74, 6) is -0.766. The standard InChI is InChI=1S/C13H9N5O3S2/c14-2-6-4-23-12(16-6)8-3-21-11(18-8)9-5-22-10(17-9)1-7(15)13(19)20/h3-5,7H,1,15H2,(H,19,20). The Morgan fingerprint density at radius 1 is 1.35 bits per heavy atom. The fraction of sp³-hybridized carbons (Fsp3) is 0.154. The molecule has 3 aromatic heterocycles. The summed E-state index contributed by atoms with van der Waals surface area (Å²) in [6.07, 6.45) is 1.59. The molecule has 1 atom stereocenters. The second kappa shape index (κ2) is 6.25. The fourth-order valence-corrected chi connectivity index (χ4v) is 3.23. The van der Waals surface area contributed by atoms with Gasteiger partial charge in [-0.1, -0.05) is 0 Å². The molecule has 0 saturated heterocycles. The third-order valence-electron chi connectivity index (χ3n) is 2.82. The Morgan fingerprint density at radius 2 is 2.17 bits per heavy atom. The molecule has 0 aromatic carbocycles. The van der Waals surface area contributed by atoms with Gasteiger partial charge in [0.2, 0.25) is 5.89 Å². The maximum absolute atomic E-state index is 10.8. The van der Waals surface area contributed by atoms with Crippen LogP contribution in [0.2, 0.25) is 0 Å². The Kier molecular flexibility index (Phi) is 4.16. The molecule has 0 radical (unpaired) electrons. The minimum atomic E-state index is -1.07. The van der Waals surface area contributed by atoms with Gasteiger partial charge in [0.05, 0.1) is 5.01 Å². The first kappa shape index (κ1) is 15.3. The molecule has 0 amide bonds. The van der Waals surface area contributed by atoms with E-state index in [4.69, 9.17) is 20.5 Å². The molecular formula is C13H9N5O3S2. The fourth-order valence-electron chi connectivity index (χ4n) is 1.71. The van der Waals surface area contributed by atoms with E-state index in [0.29, 0.717) is 33.0 Å². The molecule has 8 nitrogen and oxygen atoms in total. The van der Waals surface area contributed by atoms with Gasteiger partial charge < -0.3 is 15.3 Å². The molecule has 0 spiro atoms. The number of carbonyl (C=O) groups is 1. The van der Waals surface area contributed by atoms with Gasteiger partial charge in [0.25, 0.3) is 0 Å². The van der Waals surface area contributed by atoms with Crippen molar-refractivity contribution in [2.24, 2.45) is 5.73 Å². The summed E-state index contributed by atoms with van der Waals surface area (Å²) in [5.41, 5.74) is 6.84. The van der Waals surface area contributed by atoms with E-state index in [1.165, 1.54) is 28.9 Å². The highest BCUT2D eigenvalue weighted by Gasteiger charge is 2.17. The van der Waals surface area contributed by atoms with Crippen molar-refractivity contribution in [3.63, 3.8) is 0 Å². The average Bonchev–Trinajstić information content (AvgIpc) is 3.26. The molecule has 23 heavy (non-hydrogen) atoms. The van der Waals surface area contributed by atoms with Crippen LogP contribution in [0.1, 0.15) is 10.7 Å². The number of nitrogens with zero attached hydrogens (tertiary/aromatic N) is 4. The molecule has 3 rings (SSSR count). The van der Waals surface area contributed by atoms with Gasteiger partial charge in [0, 0.05) is 17.2 Å². The summed E-state index contributed by atoms with van der Waals surface area (Å²) in [6.45, 7) is 0. The highest BCUT2D eigenvalue weighted by atomic mass is 32.1. The third-order valence-corrected chi connectivity index (χ3v) is 4.56. The summed E-state index contributed by atoms with van der Waals surface area (Å²) >= 11 is 2.59. The van der Waals surface area contributed by atoms with Crippen LogP contribution >= 0.6 is 22.7 Å². The van der Waals surface area contributed by atoms with Crippen molar-refractivity contribution in [2.45, 2.75) is 12.5 Å². The van der Waals surface area contributed by atoms with Crippen LogP contribution in [0.15, 0.2) is 21.4 Å². The molecule has 3 heterocycles. The average molecular weight is 347 g/mol. The van der Waals surface area contributed by atoms with E-state index in [2.05, 4.69) is 15.0 Å². The first-order chi connectivity index (χ1) is 11.1. The Labute approximate surface area is 137 Å². The van der Waals surface area contributed by atoms with Crippen molar-refractivity contribution in [1.29, 1.82) is 5.26 Å². The number of thiazole rings is 2. The van der Waals surface area contributed by atoms with E-state index >= 15 is 0 Å². The lowest BCUT2D eigenvalue weighted by Crippen LogP contribution is -2.32. The highest BCUT2D eigenvalue weighted by molar-refractivity contribution is 7.13. The van der Waals surface area contributed by atoms with Crippen LogP contribution in [0.5, 0.6) is 0 Å².